The molecule has 13 heavy (non-hydrogen) atoms. The third-order valence-electron chi connectivity index (χ3n) is 1.25. The zero-order valence-electron chi connectivity index (χ0n) is 6.82. The molecule has 0 saturated heterocycles. The van der Waals surface area contributed by atoms with Crippen molar-refractivity contribution in [1.29, 1.82) is 0 Å². The average molecular weight is 204 g/mol. The lowest BCUT2D eigenvalue weighted by atomic mass is 10.5. The number of rotatable bonds is 3. The van der Waals surface area contributed by atoms with Gasteiger partial charge in [0.2, 0.25) is 5.88 Å². The van der Waals surface area contributed by atoms with E-state index in [1.165, 1.54) is 0 Å². The Morgan fingerprint density at radius 1 is 1.77 bits per heavy atom. The smallest absolute Gasteiger partial charge is 0.228 e. The fourth-order valence-corrected chi connectivity index (χ4v) is 1.24. The Balaban J connectivity index is 3.10. The Bertz CT molecular complexity index is 332. The predicted molar refractivity (Wildman–Crippen MR) is 42.5 cm³/mol. The van der Waals surface area contributed by atoms with Gasteiger partial charge >= 0.3 is 0 Å². The lowest BCUT2D eigenvalue weighted by Crippen LogP contribution is -2.01. The molecule has 0 aliphatic heterocycles. The van der Waals surface area contributed by atoms with E-state index >= 15 is 0 Å². The van der Waals surface area contributed by atoms with E-state index < -0.39 is 16.9 Å². The molecule has 1 unspecified atom stereocenters. The molecule has 0 aromatic carbocycles. The molecule has 0 radical (unpaired) electrons. The van der Waals surface area contributed by atoms with Crippen molar-refractivity contribution in [3.8, 4) is 5.88 Å². The Labute approximate surface area is 77.0 Å². The molecule has 0 N–H and O–H groups in total. The van der Waals surface area contributed by atoms with Crippen LogP contribution in [-0.2, 0) is 11.1 Å². The maximum Gasteiger partial charge on any atom is 0.228 e. The summed E-state index contributed by atoms with van der Waals surface area (Å²) < 4.78 is 38.6. The fraction of sp³-hybridized carbons (Fsp3) is 0.286. The number of ether oxygens (including phenoxy) is 1. The highest BCUT2D eigenvalue weighted by molar-refractivity contribution is 7.79. The minimum atomic E-state index is -2.53. The minimum absolute atomic E-state index is 0.0720. The zero-order chi connectivity index (χ0) is 9.84. The number of nitrogens with zero attached hydrogens (tertiary/aromatic N) is 1. The van der Waals surface area contributed by atoms with Crippen LogP contribution in [0.15, 0.2) is 17.2 Å². The van der Waals surface area contributed by atoms with Crippen LogP contribution in [0.3, 0.4) is 0 Å². The second kappa shape index (κ2) is 4.29. The molecule has 1 heterocycles. The van der Waals surface area contributed by atoms with E-state index in [2.05, 4.69) is 4.98 Å². The Kier molecular flexibility index (Phi) is 3.32. The van der Waals surface area contributed by atoms with Gasteiger partial charge in [0.15, 0.2) is 0 Å². The summed E-state index contributed by atoms with van der Waals surface area (Å²) in [6.45, 7) is 1.96. The van der Waals surface area contributed by atoms with Crippen LogP contribution in [0.1, 0.15) is 6.92 Å². The Morgan fingerprint density at radius 3 is 3.00 bits per heavy atom. The van der Waals surface area contributed by atoms with Gasteiger partial charge in [-0.05, 0) is 24.1 Å². The summed E-state index contributed by atoms with van der Waals surface area (Å²) in [5.41, 5.74) is 0. The van der Waals surface area contributed by atoms with Gasteiger partial charge in [-0.25, -0.2) is 9.37 Å². The first-order valence-corrected chi connectivity index (χ1v) is 4.60. The van der Waals surface area contributed by atoms with Crippen molar-refractivity contribution in [1.82, 2.24) is 4.98 Å². The highest BCUT2D eigenvalue weighted by Gasteiger charge is 2.06. The van der Waals surface area contributed by atoms with E-state index in [4.69, 9.17) is 4.74 Å². The normalized spacial score (nSPS) is 12.5. The molecule has 1 aromatic rings. The summed E-state index contributed by atoms with van der Waals surface area (Å²) in [4.78, 5) is 3.24. The van der Waals surface area contributed by atoms with Gasteiger partial charge in [0.25, 0.3) is 0 Å². The average Bonchev–Trinajstić information content (AvgIpc) is 2.08. The first kappa shape index (κ1) is 10.1. The van der Waals surface area contributed by atoms with Crippen LogP contribution in [0, 0.1) is 5.82 Å². The quantitative estimate of drug-likeness (QED) is 0.685. The number of aromatic nitrogens is 1. The summed E-state index contributed by atoms with van der Waals surface area (Å²) in [5, 5.41) is 0. The summed E-state index contributed by atoms with van der Waals surface area (Å²) >= 11 is -2.53. The summed E-state index contributed by atoms with van der Waals surface area (Å²) in [6, 6.07) is 0.862. The van der Waals surface area contributed by atoms with Crippen molar-refractivity contribution in [2.24, 2.45) is 0 Å². The van der Waals surface area contributed by atoms with Gasteiger partial charge in [0.1, 0.15) is 5.82 Å². The van der Waals surface area contributed by atoms with E-state index in [-0.39, 0.29) is 17.4 Å². The highest BCUT2D eigenvalue weighted by atomic mass is 32.2. The fourth-order valence-electron chi connectivity index (χ4n) is 0.773. The van der Waals surface area contributed by atoms with Crippen LogP contribution in [0.25, 0.3) is 0 Å². The summed E-state index contributed by atoms with van der Waals surface area (Å²) in [6.07, 6.45) is 0.904. The molecule has 0 bridgehead atoms. The monoisotopic (exact) mass is 204 g/mol. The maximum absolute atomic E-state index is 12.6. The standard InChI is InChI=1S/C7H8FNO3S/c1-2-12-7-6(13(10)11)3-5(8)4-9-7/h3-4H,2H2,1H3,(H,10,11)/p-1. The maximum atomic E-state index is 12.6. The molecule has 0 spiro atoms. The topological polar surface area (TPSA) is 62.2 Å². The lowest BCUT2D eigenvalue weighted by molar-refractivity contribution is 0.315. The van der Waals surface area contributed by atoms with Crippen LogP contribution in [-0.4, -0.2) is 20.4 Å². The summed E-state index contributed by atoms with van der Waals surface area (Å²) in [7, 11) is 0. The molecule has 1 atom stereocenters. The van der Waals surface area contributed by atoms with Crippen molar-refractivity contribution < 1.29 is 17.9 Å². The second-order valence-corrected chi connectivity index (χ2v) is 3.03. The van der Waals surface area contributed by atoms with Gasteiger partial charge < -0.3 is 9.29 Å². The zero-order valence-corrected chi connectivity index (χ0v) is 7.64. The molecule has 1 rings (SSSR count). The van der Waals surface area contributed by atoms with E-state index in [1.807, 2.05) is 0 Å². The third-order valence-corrected chi connectivity index (χ3v) is 1.90. The number of hydrogen-bond donors (Lipinski definition) is 0. The van der Waals surface area contributed by atoms with Gasteiger partial charge in [0.05, 0.1) is 17.7 Å². The molecule has 0 aliphatic rings. The molecule has 0 saturated carbocycles. The van der Waals surface area contributed by atoms with E-state index in [1.54, 1.807) is 6.92 Å². The van der Waals surface area contributed by atoms with Gasteiger partial charge in [0, 0.05) is 0 Å². The van der Waals surface area contributed by atoms with Crippen molar-refractivity contribution in [2.75, 3.05) is 6.61 Å². The van der Waals surface area contributed by atoms with E-state index in [0.29, 0.717) is 0 Å². The highest BCUT2D eigenvalue weighted by Crippen LogP contribution is 2.18. The largest absolute Gasteiger partial charge is 0.768 e. The minimum Gasteiger partial charge on any atom is -0.768 e. The van der Waals surface area contributed by atoms with Crippen molar-refractivity contribution >= 4 is 11.1 Å². The molecule has 4 nitrogen and oxygen atoms in total. The summed E-state index contributed by atoms with van der Waals surface area (Å²) in [5.74, 6) is -0.778. The van der Waals surface area contributed by atoms with Gasteiger partial charge in [-0.3, -0.25) is 4.21 Å². The SMILES string of the molecule is CCOc1ncc(F)cc1S(=O)[O-]. The van der Waals surface area contributed by atoms with Crippen LogP contribution in [0.4, 0.5) is 4.39 Å². The third kappa shape index (κ3) is 2.46. The number of halogens is 1. The molecule has 0 amide bonds. The molecule has 72 valence electrons. The molecule has 0 fully saturated rings. The first-order valence-electron chi connectivity index (χ1n) is 3.52. The van der Waals surface area contributed by atoms with Crippen molar-refractivity contribution in [3.05, 3.63) is 18.1 Å². The van der Waals surface area contributed by atoms with Gasteiger partial charge in [-0.15, -0.1) is 0 Å². The molecular weight excluding hydrogens is 197 g/mol. The second-order valence-electron chi connectivity index (χ2n) is 2.12. The van der Waals surface area contributed by atoms with E-state index in [0.717, 1.165) is 12.3 Å². The van der Waals surface area contributed by atoms with Crippen molar-refractivity contribution in [2.45, 2.75) is 11.8 Å². The van der Waals surface area contributed by atoms with Crippen LogP contribution in [0.5, 0.6) is 5.88 Å². The van der Waals surface area contributed by atoms with Crippen LogP contribution < -0.4 is 4.74 Å². The molecule has 1 aromatic heterocycles. The molecule has 6 heteroatoms. The first-order chi connectivity index (χ1) is 6.15. The van der Waals surface area contributed by atoms with Gasteiger partial charge in [-0.2, -0.15) is 0 Å². The van der Waals surface area contributed by atoms with Crippen LogP contribution in [0.2, 0.25) is 0 Å². The number of pyridine rings is 1. The Morgan fingerprint density at radius 2 is 2.46 bits per heavy atom. The lowest BCUT2D eigenvalue weighted by Gasteiger charge is -2.10. The van der Waals surface area contributed by atoms with Crippen molar-refractivity contribution in [3.63, 3.8) is 0 Å². The van der Waals surface area contributed by atoms with Crippen LogP contribution >= 0.6 is 0 Å². The Hall–Kier alpha value is -1.01. The van der Waals surface area contributed by atoms with E-state index in [9.17, 15) is 13.2 Å². The van der Waals surface area contributed by atoms with Gasteiger partial charge in [-0.1, -0.05) is 0 Å². The molecule has 0 aliphatic carbocycles. The molecular formula is C7H7FNO3S-. The number of hydrogen-bond acceptors (Lipinski definition) is 4. The predicted octanol–water partition coefficient (Wildman–Crippen LogP) is 0.857.